The van der Waals surface area contributed by atoms with Crippen LogP contribution in [0.4, 0.5) is 0 Å². The molecule has 0 aliphatic rings. The van der Waals surface area contributed by atoms with Crippen molar-refractivity contribution in [3.05, 3.63) is 71.7 Å². The van der Waals surface area contributed by atoms with Crippen molar-refractivity contribution in [2.24, 2.45) is 0 Å². The van der Waals surface area contributed by atoms with Crippen LogP contribution in [0, 0.1) is 6.92 Å². The summed E-state index contributed by atoms with van der Waals surface area (Å²) in [6.07, 6.45) is 1.73. The molecule has 21 heavy (non-hydrogen) atoms. The van der Waals surface area contributed by atoms with E-state index >= 15 is 0 Å². The molecule has 2 aromatic carbocycles. The molecule has 0 amide bonds. The summed E-state index contributed by atoms with van der Waals surface area (Å²) in [5.41, 5.74) is 4.19. The molecule has 2 aromatic heterocycles. The molecule has 0 bridgehead atoms. The Morgan fingerprint density at radius 2 is 1.76 bits per heavy atom. The van der Waals surface area contributed by atoms with Crippen LogP contribution >= 0.6 is 15.9 Å². The monoisotopic (exact) mass is 340 g/mol. The van der Waals surface area contributed by atoms with E-state index in [9.17, 15) is 0 Å². The van der Waals surface area contributed by atoms with E-state index < -0.39 is 0 Å². The molecule has 0 saturated carbocycles. The summed E-state index contributed by atoms with van der Waals surface area (Å²) < 4.78 is 11.3. The molecule has 104 valence electrons. The molecule has 2 nitrogen and oxygen atoms in total. The van der Waals surface area contributed by atoms with Crippen molar-refractivity contribution in [3.63, 3.8) is 0 Å². The molecule has 4 rings (SSSR count). The van der Waals surface area contributed by atoms with Gasteiger partial charge in [0.1, 0.15) is 16.9 Å². The van der Waals surface area contributed by atoms with Crippen molar-refractivity contribution in [1.82, 2.24) is 0 Å². The standard InChI is InChI=1S/C18H13BrO2/c1-11-13(8-9-20-11)18(19)12-6-7-17-15(10-12)14-4-2-3-5-16(14)21-17/h2-10,18H,1H3. The number of hydrogen-bond acceptors (Lipinski definition) is 2. The molecule has 0 radical (unpaired) electrons. The largest absolute Gasteiger partial charge is 0.469 e. The summed E-state index contributed by atoms with van der Waals surface area (Å²) in [6, 6.07) is 16.5. The number of hydrogen-bond donors (Lipinski definition) is 0. The summed E-state index contributed by atoms with van der Waals surface area (Å²) in [5, 5.41) is 2.30. The molecule has 0 N–H and O–H groups in total. The van der Waals surface area contributed by atoms with Crippen LogP contribution in [0.1, 0.15) is 21.7 Å². The SMILES string of the molecule is Cc1occc1C(Br)c1ccc2oc3ccccc3c2c1. The molecule has 2 heterocycles. The van der Waals surface area contributed by atoms with E-state index in [2.05, 4.69) is 34.1 Å². The molecular formula is C18H13BrO2. The lowest BCUT2D eigenvalue weighted by Gasteiger charge is -2.09. The molecule has 0 aliphatic carbocycles. The highest BCUT2D eigenvalue weighted by molar-refractivity contribution is 9.09. The summed E-state index contributed by atoms with van der Waals surface area (Å²) in [4.78, 5) is 0.120. The minimum Gasteiger partial charge on any atom is -0.469 e. The number of alkyl halides is 1. The quantitative estimate of drug-likeness (QED) is 0.420. The highest BCUT2D eigenvalue weighted by Gasteiger charge is 2.16. The summed E-state index contributed by atoms with van der Waals surface area (Å²) >= 11 is 3.77. The molecular weight excluding hydrogens is 328 g/mol. The lowest BCUT2D eigenvalue weighted by Crippen LogP contribution is -1.92. The molecule has 4 aromatic rings. The molecule has 1 atom stereocenters. The number of halogens is 1. The normalized spacial score (nSPS) is 13.0. The predicted octanol–water partition coefficient (Wildman–Crippen LogP) is 5.97. The van der Waals surface area contributed by atoms with Gasteiger partial charge >= 0.3 is 0 Å². The first-order chi connectivity index (χ1) is 10.2. The second-order valence-electron chi connectivity index (χ2n) is 5.15. The third kappa shape index (κ3) is 2.00. The van der Waals surface area contributed by atoms with Crippen LogP contribution in [-0.2, 0) is 0 Å². The van der Waals surface area contributed by atoms with Gasteiger partial charge in [-0.2, -0.15) is 0 Å². The highest BCUT2D eigenvalue weighted by atomic mass is 79.9. The van der Waals surface area contributed by atoms with Crippen LogP contribution < -0.4 is 0 Å². The lowest BCUT2D eigenvalue weighted by atomic mass is 10.0. The highest BCUT2D eigenvalue weighted by Crippen LogP contribution is 2.37. The maximum atomic E-state index is 5.87. The Bertz CT molecular complexity index is 933. The van der Waals surface area contributed by atoms with E-state index in [1.807, 2.05) is 37.3 Å². The van der Waals surface area contributed by atoms with Crippen LogP contribution in [0.15, 0.2) is 63.6 Å². The smallest absolute Gasteiger partial charge is 0.135 e. The number of furan rings is 2. The Balaban J connectivity index is 1.90. The van der Waals surface area contributed by atoms with Gasteiger partial charge in [0.2, 0.25) is 0 Å². The second kappa shape index (κ2) is 4.78. The maximum absolute atomic E-state index is 5.87. The maximum Gasteiger partial charge on any atom is 0.135 e. The molecule has 1 unspecified atom stereocenters. The van der Waals surface area contributed by atoms with Crippen LogP contribution in [-0.4, -0.2) is 0 Å². The second-order valence-corrected chi connectivity index (χ2v) is 6.06. The topological polar surface area (TPSA) is 26.3 Å². The first-order valence-corrected chi connectivity index (χ1v) is 7.75. The number of fused-ring (bicyclic) bond motifs is 3. The van der Waals surface area contributed by atoms with Gasteiger partial charge in [0.25, 0.3) is 0 Å². The van der Waals surface area contributed by atoms with Crippen molar-refractivity contribution in [1.29, 1.82) is 0 Å². The average Bonchev–Trinajstić information content (AvgIpc) is 3.09. The van der Waals surface area contributed by atoms with E-state index in [1.165, 1.54) is 5.56 Å². The third-order valence-corrected chi connectivity index (χ3v) is 4.89. The first kappa shape index (κ1) is 12.7. The Labute approximate surface area is 130 Å². The van der Waals surface area contributed by atoms with Crippen LogP contribution in [0.3, 0.4) is 0 Å². The molecule has 0 saturated heterocycles. The van der Waals surface area contributed by atoms with E-state index in [0.717, 1.165) is 33.3 Å². The molecule has 3 heteroatoms. The average molecular weight is 341 g/mol. The third-order valence-electron chi connectivity index (χ3n) is 3.87. The zero-order chi connectivity index (χ0) is 14.4. The van der Waals surface area contributed by atoms with Crippen LogP contribution in [0.2, 0.25) is 0 Å². The molecule has 0 aliphatic heterocycles. The minimum absolute atomic E-state index is 0.120. The molecule has 0 spiro atoms. The van der Waals surface area contributed by atoms with E-state index in [0.29, 0.717) is 0 Å². The van der Waals surface area contributed by atoms with Gasteiger partial charge < -0.3 is 8.83 Å². The van der Waals surface area contributed by atoms with Crippen molar-refractivity contribution < 1.29 is 8.83 Å². The van der Waals surface area contributed by atoms with Gasteiger partial charge in [0, 0.05) is 16.3 Å². The van der Waals surface area contributed by atoms with Gasteiger partial charge in [-0.05, 0) is 36.8 Å². The summed E-state index contributed by atoms with van der Waals surface area (Å²) in [7, 11) is 0. The van der Waals surface area contributed by atoms with Crippen molar-refractivity contribution in [2.45, 2.75) is 11.8 Å². The van der Waals surface area contributed by atoms with Crippen molar-refractivity contribution in [2.75, 3.05) is 0 Å². The first-order valence-electron chi connectivity index (χ1n) is 6.83. The van der Waals surface area contributed by atoms with Gasteiger partial charge in [0.15, 0.2) is 0 Å². The van der Waals surface area contributed by atoms with Gasteiger partial charge in [-0.1, -0.05) is 40.2 Å². The van der Waals surface area contributed by atoms with Crippen LogP contribution in [0.5, 0.6) is 0 Å². The zero-order valence-corrected chi connectivity index (χ0v) is 13.1. The van der Waals surface area contributed by atoms with E-state index in [1.54, 1.807) is 6.26 Å². The number of para-hydroxylation sites is 1. The lowest BCUT2D eigenvalue weighted by molar-refractivity contribution is 0.530. The van der Waals surface area contributed by atoms with Crippen LogP contribution in [0.25, 0.3) is 21.9 Å². The van der Waals surface area contributed by atoms with E-state index in [4.69, 9.17) is 8.83 Å². The van der Waals surface area contributed by atoms with Gasteiger partial charge in [-0.3, -0.25) is 0 Å². The van der Waals surface area contributed by atoms with Gasteiger partial charge in [-0.25, -0.2) is 0 Å². The van der Waals surface area contributed by atoms with Gasteiger partial charge in [0.05, 0.1) is 11.1 Å². The fraction of sp³-hybridized carbons (Fsp3) is 0.111. The number of rotatable bonds is 2. The fourth-order valence-corrected chi connectivity index (χ4v) is 3.50. The minimum atomic E-state index is 0.120. The Morgan fingerprint density at radius 1 is 0.952 bits per heavy atom. The predicted molar refractivity (Wildman–Crippen MR) is 87.9 cm³/mol. The fourth-order valence-electron chi connectivity index (χ4n) is 2.74. The zero-order valence-electron chi connectivity index (χ0n) is 11.5. The Kier molecular flexibility index (Phi) is 2.89. The van der Waals surface area contributed by atoms with Gasteiger partial charge in [-0.15, -0.1) is 0 Å². The summed E-state index contributed by atoms with van der Waals surface area (Å²) in [6.45, 7) is 1.98. The summed E-state index contributed by atoms with van der Waals surface area (Å²) in [5.74, 6) is 0.939. The molecule has 0 fully saturated rings. The number of aryl methyl sites for hydroxylation is 1. The van der Waals surface area contributed by atoms with Crippen molar-refractivity contribution >= 4 is 37.9 Å². The number of benzene rings is 2. The Hall–Kier alpha value is -2.00. The Morgan fingerprint density at radius 3 is 2.57 bits per heavy atom. The van der Waals surface area contributed by atoms with Crippen molar-refractivity contribution in [3.8, 4) is 0 Å². The van der Waals surface area contributed by atoms with E-state index in [-0.39, 0.29) is 4.83 Å².